The SMILES string of the molecule is CCCC[Si](C)(C)OC1=C(C)C(C)C(C)=C1C. The van der Waals surface area contributed by atoms with E-state index in [1.807, 2.05) is 0 Å². The Morgan fingerprint density at radius 2 is 1.71 bits per heavy atom. The number of hydrogen-bond donors (Lipinski definition) is 0. The van der Waals surface area contributed by atoms with Crippen LogP contribution in [0.3, 0.4) is 0 Å². The fraction of sp³-hybridized carbons (Fsp3) is 0.733. The molecular formula is C15H28OSi. The standard InChI is InChI=1S/C15H28OSi/c1-8-9-10-17(6,7)16-15-13(4)11(2)12(3)14(15)5/h11H,8-10H2,1-7H3. The Kier molecular flexibility index (Phi) is 4.65. The van der Waals surface area contributed by atoms with Gasteiger partial charge in [0.25, 0.3) is 0 Å². The molecule has 1 unspecified atom stereocenters. The van der Waals surface area contributed by atoms with Gasteiger partial charge < -0.3 is 4.43 Å². The van der Waals surface area contributed by atoms with Gasteiger partial charge >= 0.3 is 0 Å². The van der Waals surface area contributed by atoms with E-state index in [1.54, 1.807) is 0 Å². The molecule has 0 radical (unpaired) electrons. The molecule has 0 fully saturated rings. The van der Waals surface area contributed by atoms with Crippen LogP contribution in [-0.2, 0) is 4.43 Å². The summed E-state index contributed by atoms with van der Waals surface area (Å²) in [5, 5.41) is 0. The van der Waals surface area contributed by atoms with E-state index in [-0.39, 0.29) is 0 Å². The molecule has 0 saturated carbocycles. The summed E-state index contributed by atoms with van der Waals surface area (Å²) in [6.07, 6.45) is 2.56. The molecular weight excluding hydrogens is 224 g/mol. The van der Waals surface area contributed by atoms with Crippen molar-refractivity contribution in [2.75, 3.05) is 0 Å². The van der Waals surface area contributed by atoms with Gasteiger partial charge in [0.05, 0.1) is 0 Å². The van der Waals surface area contributed by atoms with E-state index < -0.39 is 8.32 Å². The molecule has 0 spiro atoms. The fourth-order valence-electron chi connectivity index (χ4n) is 2.41. The summed E-state index contributed by atoms with van der Waals surface area (Å²) in [4.78, 5) is 0. The van der Waals surface area contributed by atoms with Crippen LogP contribution in [0.1, 0.15) is 47.5 Å². The summed E-state index contributed by atoms with van der Waals surface area (Å²) < 4.78 is 6.43. The Bertz CT molecular complexity index is 350. The summed E-state index contributed by atoms with van der Waals surface area (Å²) in [6, 6.07) is 1.26. The van der Waals surface area contributed by atoms with Crippen LogP contribution in [0.4, 0.5) is 0 Å². The van der Waals surface area contributed by atoms with E-state index >= 15 is 0 Å². The highest BCUT2D eigenvalue weighted by Crippen LogP contribution is 2.38. The van der Waals surface area contributed by atoms with Crippen molar-refractivity contribution in [3.63, 3.8) is 0 Å². The number of hydrogen-bond acceptors (Lipinski definition) is 1. The molecule has 1 aliphatic carbocycles. The third-order valence-electron chi connectivity index (χ3n) is 4.10. The van der Waals surface area contributed by atoms with Crippen LogP contribution < -0.4 is 0 Å². The lowest BCUT2D eigenvalue weighted by molar-refractivity contribution is 0.418. The van der Waals surface area contributed by atoms with Gasteiger partial charge in [0.2, 0.25) is 8.32 Å². The summed E-state index contributed by atoms with van der Waals surface area (Å²) in [5.74, 6) is 1.78. The summed E-state index contributed by atoms with van der Waals surface area (Å²) in [5.41, 5.74) is 4.29. The molecule has 0 aromatic rings. The Hall–Kier alpha value is -0.503. The number of allylic oxidation sites excluding steroid dienone is 3. The van der Waals surface area contributed by atoms with Gasteiger partial charge in [-0.25, -0.2) is 0 Å². The molecule has 1 aliphatic rings. The lowest BCUT2D eigenvalue weighted by atomic mass is 10.0. The third-order valence-corrected chi connectivity index (χ3v) is 6.41. The molecule has 0 N–H and O–H groups in total. The molecule has 0 heterocycles. The van der Waals surface area contributed by atoms with E-state index in [0.717, 1.165) is 0 Å². The predicted molar refractivity (Wildman–Crippen MR) is 78.5 cm³/mol. The van der Waals surface area contributed by atoms with Crippen LogP contribution in [0, 0.1) is 5.92 Å². The minimum absolute atomic E-state index is 0.570. The normalized spacial score (nSPS) is 21.5. The highest BCUT2D eigenvalue weighted by atomic mass is 28.4. The maximum Gasteiger partial charge on any atom is 0.245 e. The third kappa shape index (κ3) is 3.24. The van der Waals surface area contributed by atoms with Crippen LogP contribution in [0.15, 0.2) is 22.5 Å². The topological polar surface area (TPSA) is 9.23 Å². The van der Waals surface area contributed by atoms with Gasteiger partial charge in [-0.15, -0.1) is 0 Å². The van der Waals surface area contributed by atoms with Crippen molar-refractivity contribution in [2.45, 2.75) is 66.6 Å². The van der Waals surface area contributed by atoms with Crippen LogP contribution in [0.25, 0.3) is 0 Å². The molecule has 1 atom stereocenters. The first-order valence-corrected chi connectivity index (χ1v) is 9.99. The molecule has 0 bridgehead atoms. The predicted octanol–water partition coefficient (Wildman–Crippen LogP) is 5.27. The molecule has 0 saturated heterocycles. The maximum atomic E-state index is 6.43. The van der Waals surface area contributed by atoms with Crippen molar-refractivity contribution in [1.29, 1.82) is 0 Å². The second-order valence-corrected chi connectivity index (χ2v) is 10.2. The molecule has 1 rings (SSSR count). The fourth-order valence-corrected chi connectivity index (χ4v) is 4.58. The first-order valence-electron chi connectivity index (χ1n) is 6.87. The molecule has 0 amide bonds. The first kappa shape index (κ1) is 14.6. The lowest BCUT2D eigenvalue weighted by Gasteiger charge is -2.26. The van der Waals surface area contributed by atoms with E-state index in [1.165, 1.54) is 41.4 Å². The van der Waals surface area contributed by atoms with E-state index in [9.17, 15) is 0 Å². The molecule has 17 heavy (non-hydrogen) atoms. The molecule has 98 valence electrons. The second-order valence-electron chi connectivity index (χ2n) is 6.01. The van der Waals surface area contributed by atoms with Gasteiger partial charge in [-0.1, -0.05) is 32.3 Å². The van der Waals surface area contributed by atoms with Crippen molar-refractivity contribution in [3.05, 3.63) is 22.5 Å². The Balaban J connectivity index is 2.81. The van der Waals surface area contributed by atoms with Gasteiger partial charge in [-0.05, 0) is 51.1 Å². The van der Waals surface area contributed by atoms with Crippen molar-refractivity contribution < 1.29 is 4.43 Å². The molecule has 0 aliphatic heterocycles. The molecule has 0 aromatic carbocycles. The van der Waals surface area contributed by atoms with E-state index in [0.29, 0.717) is 5.92 Å². The van der Waals surface area contributed by atoms with Gasteiger partial charge in [0.15, 0.2) is 0 Å². The zero-order chi connectivity index (χ0) is 13.2. The quantitative estimate of drug-likeness (QED) is 0.606. The van der Waals surface area contributed by atoms with Crippen molar-refractivity contribution in [1.82, 2.24) is 0 Å². The highest BCUT2D eigenvalue weighted by Gasteiger charge is 2.30. The molecule has 2 heteroatoms. The molecule has 0 aromatic heterocycles. The summed E-state index contributed by atoms with van der Waals surface area (Å²) in [6.45, 7) is 15.9. The monoisotopic (exact) mass is 252 g/mol. The Labute approximate surface area is 108 Å². The van der Waals surface area contributed by atoms with Crippen LogP contribution in [0.5, 0.6) is 0 Å². The zero-order valence-electron chi connectivity index (χ0n) is 12.6. The van der Waals surface area contributed by atoms with Crippen LogP contribution >= 0.6 is 0 Å². The molecule has 1 nitrogen and oxygen atoms in total. The van der Waals surface area contributed by atoms with Gasteiger partial charge in [0, 0.05) is 5.92 Å². The Morgan fingerprint density at radius 1 is 1.12 bits per heavy atom. The average Bonchev–Trinajstić information content (AvgIpc) is 2.44. The summed E-state index contributed by atoms with van der Waals surface area (Å²) in [7, 11) is -1.52. The number of rotatable bonds is 5. The highest BCUT2D eigenvalue weighted by molar-refractivity contribution is 6.71. The zero-order valence-corrected chi connectivity index (χ0v) is 13.6. The van der Waals surface area contributed by atoms with E-state index in [4.69, 9.17) is 4.43 Å². The van der Waals surface area contributed by atoms with Crippen molar-refractivity contribution >= 4 is 8.32 Å². The average molecular weight is 252 g/mol. The smallest absolute Gasteiger partial charge is 0.245 e. The minimum atomic E-state index is -1.52. The second kappa shape index (κ2) is 5.43. The van der Waals surface area contributed by atoms with Crippen LogP contribution in [-0.4, -0.2) is 8.32 Å². The maximum absolute atomic E-state index is 6.43. The summed E-state index contributed by atoms with van der Waals surface area (Å²) >= 11 is 0. The first-order chi connectivity index (χ1) is 7.80. The van der Waals surface area contributed by atoms with Crippen molar-refractivity contribution in [2.24, 2.45) is 5.92 Å². The minimum Gasteiger partial charge on any atom is -0.544 e. The largest absolute Gasteiger partial charge is 0.544 e. The van der Waals surface area contributed by atoms with Crippen LogP contribution in [0.2, 0.25) is 19.1 Å². The van der Waals surface area contributed by atoms with E-state index in [2.05, 4.69) is 47.7 Å². The van der Waals surface area contributed by atoms with Gasteiger partial charge in [-0.2, -0.15) is 0 Å². The number of unbranched alkanes of at least 4 members (excludes halogenated alkanes) is 1. The van der Waals surface area contributed by atoms with Gasteiger partial charge in [-0.3, -0.25) is 0 Å². The lowest BCUT2D eigenvalue weighted by Crippen LogP contribution is -2.30. The Morgan fingerprint density at radius 3 is 2.12 bits per heavy atom. The van der Waals surface area contributed by atoms with Gasteiger partial charge in [0.1, 0.15) is 5.76 Å². The van der Waals surface area contributed by atoms with Crippen molar-refractivity contribution in [3.8, 4) is 0 Å².